The molecule has 2 aromatic rings. The average molecular weight is 440 g/mol. The Kier molecular flexibility index (Phi) is 8.32. The van der Waals surface area contributed by atoms with Crippen molar-refractivity contribution in [2.45, 2.75) is 19.8 Å². The van der Waals surface area contributed by atoms with E-state index in [4.69, 9.17) is 27.1 Å². The number of carbonyl (C=O) groups excluding carboxylic acids is 1. The van der Waals surface area contributed by atoms with Gasteiger partial charge in [0.15, 0.2) is 29.6 Å². The van der Waals surface area contributed by atoms with Crippen molar-refractivity contribution in [3.63, 3.8) is 0 Å². The summed E-state index contributed by atoms with van der Waals surface area (Å²) in [5.74, 6) is 2.38. The SMILES string of the molecule is CCCCOP1Oc2ccccc2O1.COC(=O)COP1Oc2ccccc2O1. The van der Waals surface area contributed by atoms with Crippen LogP contribution in [0.5, 0.6) is 23.0 Å². The van der Waals surface area contributed by atoms with E-state index in [0.717, 1.165) is 24.3 Å². The van der Waals surface area contributed by atoms with Crippen LogP contribution in [0.3, 0.4) is 0 Å². The number of esters is 1. The smallest absolute Gasteiger partial charge is 0.463 e. The predicted molar refractivity (Wildman–Crippen MR) is 108 cm³/mol. The van der Waals surface area contributed by atoms with E-state index < -0.39 is 23.2 Å². The predicted octanol–water partition coefficient (Wildman–Crippen LogP) is 5.38. The lowest BCUT2D eigenvalue weighted by atomic mass is 10.3. The number of fused-ring (bicyclic) bond motifs is 2. The summed E-state index contributed by atoms with van der Waals surface area (Å²) in [5, 5.41) is 0. The molecule has 4 rings (SSSR count). The number of unbranched alkanes of at least 4 members (excludes halogenated alkanes) is 1. The molecule has 2 heterocycles. The second kappa shape index (κ2) is 11.2. The molecule has 0 N–H and O–H groups in total. The lowest BCUT2D eigenvalue weighted by Crippen LogP contribution is -2.09. The highest BCUT2D eigenvalue weighted by atomic mass is 31.2. The van der Waals surface area contributed by atoms with Gasteiger partial charge in [0, 0.05) is 0 Å². The highest BCUT2D eigenvalue weighted by molar-refractivity contribution is 7.43. The van der Waals surface area contributed by atoms with Gasteiger partial charge in [0.05, 0.1) is 13.7 Å². The Hall–Kier alpha value is -2.11. The molecular weight excluding hydrogens is 418 g/mol. The average Bonchev–Trinajstić information content (AvgIpc) is 3.35. The van der Waals surface area contributed by atoms with Gasteiger partial charge in [-0.25, -0.2) is 4.79 Å². The van der Waals surface area contributed by atoms with Gasteiger partial charge in [0.1, 0.15) is 0 Å². The number of benzene rings is 2. The molecule has 0 spiro atoms. The Labute approximate surface area is 172 Å². The van der Waals surface area contributed by atoms with Crippen LogP contribution in [-0.2, 0) is 18.6 Å². The zero-order valence-electron chi connectivity index (χ0n) is 16.1. The van der Waals surface area contributed by atoms with Gasteiger partial charge in [-0.05, 0) is 30.7 Å². The maximum Gasteiger partial charge on any atom is 0.463 e. The standard InChI is InChI=1S/C10H13O3P.C9H9O5P/c1-2-3-8-11-14-12-9-6-4-5-7-10(9)13-14;1-11-9(10)6-12-15-13-7-4-2-3-5-8(7)14-15/h4-7H,2-3,8H2,1H3;2-5H,6H2,1H3. The Morgan fingerprint density at radius 3 is 1.69 bits per heavy atom. The summed E-state index contributed by atoms with van der Waals surface area (Å²) in [6.45, 7) is 2.66. The molecule has 29 heavy (non-hydrogen) atoms. The first-order valence-electron chi connectivity index (χ1n) is 9.02. The molecule has 0 saturated heterocycles. The normalized spacial score (nSPS) is 14.3. The molecule has 0 saturated carbocycles. The van der Waals surface area contributed by atoms with Crippen molar-refractivity contribution in [1.29, 1.82) is 0 Å². The highest BCUT2D eigenvalue weighted by Crippen LogP contribution is 2.53. The quantitative estimate of drug-likeness (QED) is 0.323. The minimum Gasteiger partial charge on any atom is -0.467 e. The molecule has 2 aliphatic rings. The van der Waals surface area contributed by atoms with Crippen molar-refractivity contribution >= 4 is 23.2 Å². The zero-order valence-corrected chi connectivity index (χ0v) is 17.9. The van der Waals surface area contributed by atoms with Gasteiger partial charge in [-0.3, -0.25) is 9.05 Å². The van der Waals surface area contributed by atoms with E-state index in [-0.39, 0.29) is 6.61 Å². The summed E-state index contributed by atoms with van der Waals surface area (Å²) >= 11 is 0. The first kappa shape index (κ1) is 21.6. The van der Waals surface area contributed by atoms with Crippen LogP contribution in [-0.4, -0.2) is 26.3 Å². The van der Waals surface area contributed by atoms with Gasteiger partial charge in [-0.1, -0.05) is 37.6 Å². The van der Waals surface area contributed by atoms with Gasteiger partial charge in [0.25, 0.3) is 0 Å². The van der Waals surface area contributed by atoms with Gasteiger partial charge >= 0.3 is 23.2 Å². The number of methoxy groups -OCH3 is 1. The topological polar surface area (TPSA) is 81.7 Å². The molecule has 0 aromatic heterocycles. The van der Waals surface area contributed by atoms with Crippen molar-refractivity contribution in [1.82, 2.24) is 0 Å². The largest absolute Gasteiger partial charge is 0.467 e. The van der Waals surface area contributed by atoms with Crippen molar-refractivity contribution < 1.29 is 36.7 Å². The summed E-state index contributed by atoms with van der Waals surface area (Å²) in [5.41, 5.74) is 0. The lowest BCUT2D eigenvalue weighted by Gasteiger charge is -2.06. The summed E-state index contributed by atoms with van der Waals surface area (Å²) in [7, 11) is -1.40. The molecule has 0 atom stereocenters. The summed E-state index contributed by atoms with van der Waals surface area (Å²) < 4.78 is 36.5. The summed E-state index contributed by atoms with van der Waals surface area (Å²) in [6.07, 6.45) is 2.16. The fourth-order valence-corrected chi connectivity index (χ4v) is 4.13. The number of para-hydroxylation sites is 4. The zero-order chi connectivity index (χ0) is 20.5. The van der Waals surface area contributed by atoms with E-state index in [9.17, 15) is 4.79 Å². The second-order valence-electron chi connectivity index (χ2n) is 5.74. The molecule has 10 heteroatoms. The Bertz CT molecular complexity index is 753. The van der Waals surface area contributed by atoms with Gasteiger partial charge in [0.2, 0.25) is 0 Å². The van der Waals surface area contributed by atoms with Crippen LogP contribution < -0.4 is 18.1 Å². The molecule has 2 aliphatic heterocycles. The molecule has 0 fully saturated rings. The fourth-order valence-electron chi connectivity index (χ4n) is 2.11. The lowest BCUT2D eigenvalue weighted by molar-refractivity contribution is -0.143. The highest BCUT2D eigenvalue weighted by Gasteiger charge is 2.28. The van der Waals surface area contributed by atoms with E-state index in [1.165, 1.54) is 7.11 Å². The monoisotopic (exact) mass is 440 g/mol. The minimum absolute atomic E-state index is 0.170. The van der Waals surface area contributed by atoms with Crippen molar-refractivity contribution in [3.05, 3.63) is 48.5 Å². The maximum atomic E-state index is 10.8. The molecule has 156 valence electrons. The van der Waals surface area contributed by atoms with Crippen LogP contribution in [0.4, 0.5) is 0 Å². The van der Waals surface area contributed by atoms with Crippen LogP contribution in [0.15, 0.2) is 48.5 Å². The van der Waals surface area contributed by atoms with Crippen molar-refractivity contribution in [2.24, 2.45) is 0 Å². The van der Waals surface area contributed by atoms with Crippen LogP contribution in [0, 0.1) is 0 Å². The molecule has 2 aromatic carbocycles. The molecule has 0 radical (unpaired) electrons. The van der Waals surface area contributed by atoms with Crippen molar-refractivity contribution in [2.75, 3.05) is 20.3 Å². The van der Waals surface area contributed by atoms with Gasteiger partial charge < -0.3 is 22.8 Å². The number of carbonyl (C=O) groups is 1. The third-order valence-electron chi connectivity index (χ3n) is 3.60. The minimum atomic E-state index is -1.51. The van der Waals surface area contributed by atoms with E-state index in [2.05, 4.69) is 11.7 Å². The molecule has 0 amide bonds. The number of ether oxygens (including phenoxy) is 1. The third kappa shape index (κ3) is 6.44. The van der Waals surface area contributed by atoms with E-state index in [1.807, 2.05) is 36.4 Å². The number of hydrogen-bond acceptors (Lipinski definition) is 8. The Balaban J connectivity index is 0.000000166. The van der Waals surface area contributed by atoms with Crippen LogP contribution >= 0.6 is 17.2 Å². The molecule has 8 nitrogen and oxygen atoms in total. The number of rotatable bonds is 7. The van der Waals surface area contributed by atoms with Crippen LogP contribution in [0.1, 0.15) is 19.8 Å². The third-order valence-corrected chi connectivity index (χ3v) is 5.72. The first-order valence-corrected chi connectivity index (χ1v) is 11.2. The van der Waals surface area contributed by atoms with E-state index >= 15 is 0 Å². The molecule has 0 bridgehead atoms. The van der Waals surface area contributed by atoms with E-state index in [1.54, 1.807) is 12.1 Å². The molecular formula is C19H22O8P2. The van der Waals surface area contributed by atoms with Crippen LogP contribution in [0.25, 0.3) is 0 Å². The van der Waals surface area contributed by atoms with Gasteiger partial charge in [-0.2, -0.15) is 0 Å². The molecule has 0 unspecified atom stereocenters. The summed E-state index contributed by atoms with van der Waals surface area (Å²) in [6, 6.07) is 14.9. The Morgan fingerprint density at radius 2 is 1.28 bits per heavy atom. The number of hydrogen-bond donors (Lipinski definition) is 0. The maximum absolute atomic E-state index is 10.8. The van der Waals surface area contributed by atoms with Crippen LogP contribution in [0.2, 0.25) is 0 Å². The van der Waals surface area contributed by atoms with Crippen molar-refractivity contribution in [3.8, 4) is 23.0 Å². The summed E-state index contributed by atoms with van der Waals surface area (Å²) in [4.78, 5) is 10.8. The first-order chi connectivity index (χ1) is 14.2. The molecule has 0 aliphatic carbocycles. The Morgan fingerprint density at radius 1 is 0.828 bits per heavy atom. The second-order valence-corrected chi connectivity index (χ2v) is 7.88. The fraction of sp³-hybridized carbons (Fsp3) is 0.316. The van der Waals surface area contributed by atoms with Gasteiger partial charge in [-0.15, -0.1) is 0 Å². The van der Waals surface area contributed by atoms with E-state index in [0.29, 0.717) is 18.1 Å².